The van der Waals surface area contributed by atoms with Crippen molar-refractivity contribution in [1.29, 1.82) is 0 Å². The van der Waals surface area contributed by atoms with Crippen LogP contribution in [0.25, 0.3) is 0 Å². The van der Waals surface area contributed by atoms with Crippen LogP contribution in [0.2, 0.25) is 0 Å². The summed E-state index contributed by atoms with van der Waals surface area (Å²) in [4.78, 5) is 0. The van der Waals surface area contributed by atoms with E-state index in [0.29, 0.717) is 0 Å². The molecule has 1 aromatic carbocycles. The zero-order valence-corrected chi connectivity index (χ0v) is 6.27. The van der Waals surface area contributed by atoms with Gasteiger partial charge in [-0.25, -0.2) is 5.28 Å². The van der Waals surface area contributed by atoms with Gasteiger partial charge in [-0.05, 0) is 12.5 Å². The Bertz CT molecular complexity index is 233. The molecule has 11 heavy (non-hydrogen) atoms. The Hall–Kier alpha value is -1.38. The largest absolute Gasteiger partial charge is 0.775 e. The maximum atomic E-state index is 9.77. The lowest BCUT2D eigenvalue weighted by Gasteiger charge is -2.04. The fourth-order valence-electron chi connectivity index (χ4n) is 0.869. The summed E-state index contributed by atoms with van der Waals surface area (Å²) >= 11 is 0. The molecule has 1 rings (SSSR count). The molecular weight excluding hydrogens is 140 g/mol. The molecule has 0 aromatic heterocycles. The highest BCUT2D eigenvalue weighted by Crippen LogP contribution is 2.15. The zero-order valence-electron chi connectivity index (χ0n) is 6.27. The quantitative estimate of drug-likeness (QED) is 0.471. The standard InChI is InChI=1S/C8H10N2O/c1-7(9-10-11)8-5-3-2-4-6-8/h2-7H,1H3,(H,9,11)/p-1. The number of benzene rings is 1. The molecule has 3 nitrogen and oxygen atoms in total. The van der Waals surface area contributed by atoms with E-state index in [9.17, 15) is 5.21 Å². The van der Waals surface area contributed by atoms with Gasteiger partial charge in [0.1, 0.15) is 0 Å². The molecule has 1 atom stereocenters. The molecule has 0 fully saturated rings. The first-order valence-electron chi connectivity index (χ1n) is 3.42. The molecule has 0 spiro atoms. The predicted molar refractivity (Wildman–Crippen MR) is 43.1 cm³/mol. The minimum Gasteiger partial charge on any atom is -0.775 e. The second kappa shape index (κ2) is 3.71. The van der Waals surface area contributed by atoms with Gasteiger partial charge in [-0.2, -0.15) is 5.11 Å². The molecule has 0 aliphatic heterocycles. The minimum atomic E-state index is -0.131. The van der Waals surface area contributed by atoms with Gasteiger partial charge in [0.05, 0.1) is 6.04 Å². The van der Waals surface area contributed by atoms with E-state index in [1.807, 2.05) is 37.3 Å². The highest BCUT2D eigenvalue weighted by Gasteiger charge is 1.99. The van der Waals surface area contributed by atoms with Crippen molar-refractivity contribution in [3.05, 3.63) is 41.1 Å². The Balaban J connectivity index is 2.76. The van der Waals surface area contributed by atoms with Gasteiger partial charge < -0.3 is 5.21 Å². The first kappa shape index (κ1) is 7.72. The lowest BCUT2D eigenvalue weighted by Crippen LogP contribution is -1.86. The lowest BCUT2D eigenvalue weighted by atomic mass is 10.1. The third kappa shape index (κ3) is 2.04. The summed E-state index contributed by atoms with van der Waals surface area (Å²) in [5.74, 6) is 0. The third-order valence-electron chi connectivity index (χ3n) is 1.50. The molecule has 0 amide bonds. The maximum Gasteiger partial charge on any atom is 0.0926 e. The van der Waals surface area contributed by atoms with Crippen molar-refractivity contribution in [2.24, 2.45) is 10.4 Å². The van der Waals surface area contributed by atoms with Gasteiger partial charge in [-0.3, -0.25) is 0 Å². The van der Waals surface area contributed by atoms with Crippen LogP contribution in [-0.2, 0) is 0 Å². The summed E-state index contributed by atoms with van der Waals surface area (Å²) in [6, 6.07) is 9.44. The van der Waals surface area contributed by atoms with E-state index < -0.39 is 0 Å². The number of hydrogen-bond donors (Lipinski definition) is 0. The molecule has 0 N–H and O–H groups in total. The summed E-state index contributed by atoms with van der Waals surface area (Å²) in [6.07, 6.45) is 0. The average molecular weight is 149 g/mol. The fourth-order valence-corrected chi connectivity index (χ4v) is 0.869. The second-order valence-electron chi connectivity index (χ2n) is 2.28. The third-order valence-corrected chi connectivity index (χ3v) is 1.50. The van der Waals surface area contributed by atoms with Gasteiger partial charge in [0.15, 0.2) is 0 Å². The summed E-state index contributed by atoms with van der Waals surface area (Å²) < 4.78 is 0. The van der Waals surface area contributed by atoms with Crippen LogP contribution in [0.15, 0.2) is 40.7 Å². The van der Waals surface area contributed by atoms with Crippen molar-refractivity contribution in [2.75, 3.05) is 0 Å². The molecule has 0 bridgehead atoms. The highest BCUT2D eigenvalue weighted by atomic mass is 16.5. The van der Waals surface area contributed by atoms with Gasteiger partial charge in [0, 0.05) is 0 Å². The Morgan fingerprint density at radius 2 is 1.91 bits per heavy atom. The van der Waals surface area contributed by atoms with Crippen molar-refractivity contribution >= 4 is 0 Å². The van der Waals surface area contributed by atoms with Gasteiger partial charge >= 0.3 is 0 Å². The van der Waals surface area contributed by atoms with Crippen molar-refractivity contribution in [3.8, 4) is 0 Å². The lowest BCUT2D eigenvalue weighted by molar-refractivity contribution is 0.762. The Labute approximate surface area is 65.4 Å². The van der Waals surface area contributed by atoms with Crippen LogP contribution in [0.3, 0.4) is 0 Å². The van der Waals surface area contributed by atoms with Crippen LogP contribution >= 0.6 is 0 Å². The Morgan fingerprint density at radius 3 is 2.45 bits per heavy atom. The normalized spacial score (nSPS) is 13.5. The molecule has 1 aromatic rings. The molecule has 0 saturated heterocycles. The van der Waals surface area contributed by atoms with E-state index in [1.54, 1.807) is 0 Å². The van der Waals surface area contributed by atoms with Crippen molar-refractivity contribution in [3.63, 3.8) is 0 Å². The van der Waals surface area contributed by atoms with E-state index in [0.717, 1.165) is 5.56 Å². The summed E-state index contributed by atoms with van der Waals surface area (Å²) in [5.41, 5.74) is 1.01. The molecule has 0 aliphatic carbocycles. The number of rotatable bonds is 2. The molecule has 1 unspecified atom stereocenters. The molecule has 58 valence electrons. The van der Waals surface area contributed by atoms with E-state index in [4.69, 9.17) is 0 Å². The molecular formula is C8H9N2O-. The van der Waals surface area contributed by atoms with Gasteiger partial charge in [-0.15, -0.1) is 0 Å². The fraction of sp³-hybridized carbons (Fsp3) is 0.250. The smallest absolute Gasteiger partial charge is 0.0926 e. The van der Waals surface area contributed by atoms with Crippen molar-refractivity contribution in [1.82, 2.24) is 0 Å². The van der Waals surface area contributed by atoms with Crippen LogP contribution in [0.5, 0.6) is 0 Å². The highest BCUT2D eigenvalue weighted by molar-refractivity contribution is 5.17. The van der Waals surface area contributed by atoms with Crippen LogP contribution in [0.1, 0.15) is 18.5 Å². The maximum absolute atomic E-state index is 9.77. The SMILES string of the molecule is CC(N=N[O-])c1ccccc1. The van der Waals surface area contributed by atoms with Crippen LogP contribution in [-0.4, -0.2) is 0 Å². The van der Waals surface area contributed by atoms with Gasteiger partial charge in [-0.1, -0.05) is 30.3 Å². The van der Waals surface area contributed by atoms with Crippen molar-refractivity contribution < 1.29 is 0 Å². The van der Waals surface area contributed by atoms with E-state index in [-0.39, 0.29) is 6.04 Å². The van der Waals surface area contributed by atoms with Gasteiger partial charge in [0.2, 0.25) is 0 Å². The molecule has 3 heteroatoms. The van der Waals surface area contributed by atoms with Crippen LogP contribution in [0, 0.1) is 5.21 Å². The minimum absolute atomic E-state index is 0.131. The molecule has 0 radical (unpaired) electrons. The number of nitrogens with zero attached hydrogens (tertiary/aromatic N) is 2. The van der Waals surface area contributed by atoms with E-state index >= 15 is 0 Å². The second-order valence-corrected chi connectivity index (χ2v) is 2.28. The van der Waals surface area contributed by atoms with Crippen LogP contribution < -0.4 is 0 Å². The van der Waals surface area contributed by atoms with Crippen molar-refractivity contribution in [2.45, 2.75) is 13.0 Å². The monoisotopic (exact) mass is 149 g/mol. The zero-order chi connectivity index (χ0) is 8.10. The number of hydrogen-bond acceptors (Lipinski definition) is 3. The van der Waals surface area contributed by atoms with Crippen LogP contribution in [0.4, 0.5) is 0 Å². The molecule has 0 heterocycles. The summed E-state index contributed by atoms with van der Waals surface area (Å²) in [6.45, 7) is 1.83. The molecule has 0 saturated carbocycles. The Kier molecular flexibility index (Phi) is 2.60. The van der Waals surface area contributed by atoms with Gasteiger partial charge in [0.25, 0.3) is 0 Å². The van der Waals surface area contributed by atoms with E-state index in [2.05, 4.69) is 10.4 Å². The molecule has 0 aliphatic rings. The first-order valence-corrected chi connectivity index (χ1v) is 3.42. The van der Waals surface area contributed by atoms with E-state index in [1.165, 1.54) is 0 Å². The average Bonchev–Trinajstić information content (AvgIpc) is 2.07. The summed E-state index contributed by atoms with van der Waals surface area (Å²) in [5, 5.41) is 15.7. The summed E-state index contributed by atoms with van der Waals surface area (Å²) in [7, 11) is 0. The topological polar surface area (TPSA) is 47.8 Å². The Morgan fingerprint density at radius 1 is 1.27 bits per heavy atom. The first-order chi connectivity index (χ1) is 5.34. The predicted octanol–water partition coefficient (Wildman–Crippen LogP) is 2.70.